The van der Waals surface area contributed by atoms with E-state index in [-0.39, 0.29) is 30.5 Å². The molecular weight excluding hydrogens is 618 g/mol. The van der Waals surface area contributed by atoms with Crippen LogP contribution < -0.4 is 10.6 Å². The fourth-order valence-corrected chi connectivity index (χ4v) is 6.22. The summed E-state index contributed by atoms with van der Waals surface area (Å²) in [6.45, 7) is -1.49. The van der Waals surface area contributed by atoms with Gasteiger partial charge in [0.25, 0.3) is 0 Å². The summed E-state index contributed by atoms with van der Waals surface area (Å²) in [7, 11) is 4.87. The van der Waals surface area contributed by atoms with Crippen molar-refractivity contribution in [2.24, 2.45) is 5.92 Å². The van der Waals surface area contributed by atoms with Crippen molar-refractivity contribution in [3.05, 3.63) is 12.2 Å². The lowest BCUT2D eigenvalue weighted by Crippen LogP contribution is -2.64. The predicted octanol–water partition coefficient (Wildman–Crippen LogP) is -0.781. The lowest BCUT2D eigenvalue weighted by Gasteiger charge is -2.42. The average molecular weight is 669 g/mol. The quantitative estimate of drug-likeness (QED) is 0.0410. The van der Waals surface area contributed by atoms with E-state index in [0.717, 1.165) is 19.3 Å². The molecule has 0 aliphatic carbocycles. The van der Waals surface area contributed by atoms with Crippen LogP contribution in [-0.2, 0) is 49.4 Å². The number of hydrogen-bond donors (Lipinski definition) is 6. The molecule has 6 N–H and O–H groups in total. The van der Waals surface area contributed by atoms with Crippen LogP contribution in [0.15, 0.2) is 12.2 Å². The minimum absolute atomic E-state index is 0.00788. The van der Waals surface area contributed by atoms with Gasteiger partial charge in [-0.2, -0.15) is 0 Å². The van der Waals surface area contributed by atoms with Crippen LogP contribution in [0, 0.1) is 5.92 Å². The van der Waals surface area contributed by atoms with Crippen LogP contribution in [0.4, 0.5) is 0 Å². The number of nitrogens with one attached hydrogen (secondary N) is 2. The van der Waals surface area contributed by atoms with E-state index in [1.54, 1.807) is 7.11 Å². The first-order valence-electron chi connectivity index (χ1n) is 15.1. The molecule has 2 aliphatic heterocycles. The van der Waals surface area contributed by atoms with E-state index < -0.39 is 56.0 Å². The van der Waals surface area contributed by atoms with Gasteiger partial charge in [0.1, 0.15) is 44.4 Å². The maximum atomic E-state index is 12.2. The summed E-state index contributed by atoms with van der Waals surface area (Å²) in [4.78, 5) is 33.9. The first kappa shape index (κ1) is 39.2. The second-order valence-electron chi connectivity index (χ2n) is 11.0. The van der Waals surface area contributed by atoms with Crippen molar-refractivity contribution < 1.29 is 57.8 Å². The summed E-state index contributed by atoms with van der Waals surface area (Å²) in [6.07, 6.45) is 3.28. The van der Waals surface area contributed by atoms with Crippen LogP contribution in [0.5, 0.6) is 0 Å². The maximum absolute atomic E-state index is 12.2. The van der Waals surface area contributed by atoms with Crippen LogP contribution in [0.1, 0.15) is 51.9 Å². The molecule has 0 saturated carbocycles. The van der Waals surface area contributed by atoms with Crippen molar-refractivity contribution >= 4 is 38.2 Å². The van der Waals surface area contributed by atoms with Gasteiger partial charge in [0.15, 0.2) is 6.29 Å². The minimum atomic E-state index is -3.35. The van der Waals surface area contributed by atoms with Crippen molar-refractivity contribution in [1.82, 2.24) is 10.6 Å². The van der Waals surface area contributed by atoms with Crippen LogP contribution in [0.25, 0.3) is 0 Å². The summed E-state index contributed by atoms with van der Waals surface area (Å²) < 4.78 is 33.1. The van der Waals surface area contributed by atoms with E-state index in [1.807, 2.05) is 7.85 Å². The molecule has 0 bridgehead atoms. The van der Waals surface area contributed by atoms with Gasteiger partial charge in [0.2, 0.25) is 11.8 Å². The number of aliphatic hydroxyl groups is 3. The average Bonchev–Trinajstić information content (AvgIpc) is 3.25. The molecule has 0 aromatic heterocycles. The molecule has 254 valence electrons. The van der Waals surface area contributed by atoms with Crippen LogP contribution in [0.3, 0.4) is 0 Å². The highest BCUT2D eigenvalue weighted by molar-refractivity contribution is 8.07. The van der Waals surface area contributed by atoms with Crippen molar-refractivity contribution in [2.45, 2.75) is 101 Å². The Balaban J connectivity index is 1.61. The molecule has 2 unspecified atom stereocenters. The van der Waals surface area contributed by atoms with Crippen molar-refractivity contribution in [3.63, 3.8) is 0 Å². The predicted molar refractivity (Wildman–Crippen MR) is 167 cm³/mol. The van der Waals surface area contributed by atoms with Crippen molar-refractivity contribution in [3.8, 4) is 0 Å². The minimum Gasteiger partial charge on any atom is -0.394 e. The number of hydrogen-bond acceptors (Lipinski definition) is 12. The van der Waals surface area contributed by atoms with Crippen molar-refractivity contribution in [2.75, 3.05) is 40.6 Å². The Morgan fingerprint density at radius 1 is 1.07 bits per heavy atom. The monoisotopic (exact) mass is 668 g/mol. The number of ether oxygens (including phenoxy) is 4. The Labute approximate surface area is 265 Å². The van der Waals surface area contributed by atoms with E-state index in [4.69, 9.17) is 39.8 Å². The summed E-state index contributed by atoms with van der Waals surface area (Å²) in [5.41, 5.74) is 0. The third kappa shape index (κ3) is 13.0. The van der Waals surface area contributed by atoms with Gasteiger partial charge in [0, 0.05) is 52.6 Å². The zero-order valence-corrected chi connectivity index (χ0v) is 27.8. The number of carbonyl (C=O) groups excluding carboxylic acids is 2. The molecule has 2 aliphatic rings. The number of aliphatic hydroxyl groups excluding tert-OH is 3. The molecule has 2 saturated heterocycles. The summed E-state index contributed by atoms with van der Waals surface area (Å²) in [5.74, 6) is -0.488. The van der Waals surface area contributed by atoms with Gasteiger partial charge >= 0.3 is 6.72 Å². The van der Waals surface area contributed by atoms with Crippen LogP contribution in [-0.4, -0.2) is 129 Å². The Kier molecular flexibility index (Phi) is 18.1. The largest absolute Gasteiger partial charge is 0.394 e. The van der Waals surface area contributed by atoms with Gasteiger partial charge in [-0.05, 0) is 50.3 Å². The number of carbonyl (C=O) groups is 2. The summed E-state index contributed by atoms with van der Waals surface area (Å²) in [5, 5.41) is 35.2. The Morgan fingerprint density at radius 2 is 1.82 bits per heavy atom. The van der Waals surface area contributed by atoms with Gasteiger partial charge in [0.05, 0.1) is 13.2 Å². The van der Waals surface area contributed by atoms with E-state index in [2.05, 4.69) is 22.8 Å². The SMILES string of the molecule is B[C@@H]1O[C@H](COC)[C@H](OP(O)(=S)OC)C1C/C=C/CCCCNC(=O)CCCCO[C@@H]1O[C@H](CO)[C@H](O)[C@H](O)[C@H]1NC(C)=O. The molecule has 2 rings (SSSR count). The number of allylic oxidation sites excluding steroid dienone is 2. The third-order valence-electron chi connectivity index (χ3n) is 7.62. The Morgan fingerprint density at radius 3 is 2.48 bits per heavy atom. The van der Waals surface area contributed by atoms with Gasteiger partial charge in [-0.25, -0.2) is 0 Å². The molecule has 0 aromatic rings. The highest BCUT2D eigenvalue weighted by Gasteiger charge is 2.46. The molecule has 0 aromatic carbocycles. The summed E-state index contributed by atoms with van der Waals surface area (Å²) in [6, 6.07) is -1.08. The topological polar surface area (TPSA) is 194 Å². The standard InChI is InChI=1S/C27H50BN2O12PS/c1-17(32)30-22-24(35)23(34)19(15-31)41-27(22)39-14-10-8-12-21(33)29-13-9-6-4-5-7-11-18-25(42-43(36,44)38-3)20(16-37-2)40-26(18)28/h5,7,18-20,22-27,31,34-35H,4,6,8-16,28H2,1-3H3,(H,29,33)(H,30,32)(H,36,44)/b7-5+/t18?,19-,20-,22-,23+,24-,25-,26-,27-,43?/m1/s1. The zero-order chi connectivity index (χ0) is 32.7. The maximum Gasteiger partial charge on any atom is 0.324 e. The summed E-state index contributed by atoms with van der Waals surface area (Å²) >= 11 is 5.05. The first-order chi connectivity index (χ1) is 20.9. The van der Waals surface area contributed by atoms with Gasteiger partial charge in [-0.15, -0.1) is 0 Å². The molecule has 0 radical (unpaired) electrons. The smallest absolute Gasteiger partial charge is 0.324 e. The fourth-order valence-electron chi connectivity index (χ4n) is 5.24. The number of rotatable bonds is 20. The number of unbranched alkanes of at least 4 members (excludes halogenated alkanes) is 3. The van der Waals surface area contributed by atoms with E-state index in [1.165, 1.54) is 14.0 Å². The number of methoxy groups -OCH3 is 1. The fraction of sp³-hybridized carbons (Fsp3) is 0.852. The highest BCUT2D eigenvalue weighted by atomic mass is 32.5. The molecule has 2 heterocycles. The molecular formula is C27H50BN2O12PS. The van der Waals surface area contributed by atoms with Crippen molar-refractivity contribution in [1.29, 1.82) is 0 Å². The Bertz CT molecular complexity index is 953. The van der Waals surface area contributed by atoms with Gasteiger partial charge < -0.3 is 58.8 Å². The first-order valence-corrected chi connectivity index (χ1v) is 17.7. The van der Waals surface area contributed by atoms with E-state index in [0.29, 0.717) is 38.8 Å². The highest BCUT2D eigenvalue weighted by Crippen LogP contribution is 2.48. The third-order valence-corrected chi connectivity index (χ3v) is 9.30. The van der Waals surface area contributed by atoms with Gasteiger partial charge in [-0.1, -0.05) is 12.2 Å². The molecule has 2 amide bonds. The molecule has 0 spiro atoms. The molecule has 2 fully saturated rings. The molecule has 14 nitrogen and oxygen atoms in total. The lowest BCUT2D eigenvalue weighted by atomic mass is 9.82. The zero-order valence-electron chi connectivity index (χ0n) is 26.0. The second-order valence-corrected chi connectivity index (χ2v) is 13.9. The van der Waals surface area contributed by atoms with Gasteiger partial charge in [-0.3, -0.25) is 9.59 Å². The van der Waals surface area contributed by atoms with E-state index >= 15 is 0 Å². The molecule has 17 heteroatoms. The van der Waals surface area contributed by atoms with Crippen LogP contribution >= 0.6 is 6.72 Å². The lowest BCUT2D eigenvalue weighted by molar-refractivity contribution is -0.270. The van der Waals surface area contributed by atoms with E-state index in [9.17, 15) is 29.8 Å². The van der Waals surface area contributed by atoms with Crippen LogP contribution in [0.2, 0.25) is 0 Å². The molecule has 44 heavy (non-hydrogen) atoms. The second kappa shape index (κ2) is 20.3. The Hall–Kier alpha value is -1.01. The molecule has 10 atom stereocenters. The number of amides is 2. The normalized spacial score (nSPS) is 32.0.